The van der Waals surface area contributed by atoms with Crippen LogP contribution in [0, 0.1) is 0 Å². The van der Waals surface area contributed by atoms with Crippen molar-refractivity contribution in [3.8, 4) is 0 Å². The first-order valence-electron chi connectivity index (χ1n) is 2.63. The van der Waals surface area contributed by atoms with Gasteiger partial charge >= 0.3 is 6.03 Å². The van der Waals surface area contributed by atoms with E-state index in [1.165, 1.54) is 11.1 Å². The lowest BCUT2D eigenvalue weighted by Gasteiger charge is -2.27. The Hall–Kier alpha value is -0.400. The molecule has 0 rings (SSSR count). The molecule has 0 amide bonds. The molecular weight excluding hydrogens is 174 g/mol. The predicted octanol–water partition coefficient (Wildman–Crippen LogP) is -2.89. The van der Waals surface area contributed by atoms with Gasteiger partial charge in [-0.3, -0.25) is 10.9 Å². The number of nitrogens with one attached hydrogen (secondary N) is 2. The Morgan fingerprint density at radius 2 is 2.08 bits per heavy atom. The van der Waals surface area contributed by atoms with Gasteiger partial charge in [0.1, 0.15) is 0 Å². The number of methoxy groups -OCH3 is 1. The maximum atomic E-state index is 8.36. The van der Waals surface area contributed by atoms with Crippen molar-refractivity contribution in [2.24, 2.45) is 11.6 Å². The molecule has 0 aromatic rings. The smallest absolute Gasteiger partial charge is 0.325 e. The second-order valence-corrected chi connectivity index (χ2v) is 1.54. The first-order valence-corrected chi connectivity index (χ1v) is 2.63. The molecule has 0 unspecified atom stereocenters. The van der Waals surface area contributed by atoms with Crippen LogP contribution in [0.3, 0.4) is 0 Å². The fraction of sp³-hybridized carbons (Fsp3) is 1.00. The number of hydroxylamine groups is 1. The van der Waals surface area contributed by atoms with Gasteiger partial charge in [0.15, 0.2) is 0 Å². The van der Waals surface area contributed by atoms with Crippen LogP contribution in [0.2, 0.25) is 0 Å². The van der Waals surface area contributed by atoms with Crippen LogP contribution >= 0.6 is 0 Å². The van der Waals surface area contributed by atoms with E-state index in [0.29, 0.717) is 0 Å². The third-order valence-electron chi connectivity index (χ3n) is 0.815. The number of nitrogens with two attached hydrogens (primary N) is 2. The molecule has 0 aliphatic rings. The number of rotatable bonds is 6. The minimum Gasteiger partial charge on any atom is -0.325 e. The summed E-state index contributed by atoms with van der Waals surface area (Å²) in [6.45, 7) is 0. The highest BCUT2D eigenvalue weighted by Gasteiger charge is 2.28. The average molecular weight is 185 g/mol. The second-order valence-electron chi connectivity index (χ2n) is 1.54. The Morgan fingerprint density at radius 1 is 1.50 bits per heavy atom. The van der Waals surface area contributed by atoms with E-state index in [2.05, 4.69) is 14.5 Å². The van der Waals surface area contributed by atoms with Gasteiger partial charge < -0.3 is 9.94 Å². The molecule has 0 spiro atoms. The summed E-state index contributed by atoms with van der Waals surface area (Å²) in [5.41, 5.74) is 7.74. The summed E-state index contributed by atoms with van der Waals surface area (Å²) in [7, 11) is 1.13. The van der Waals surface area contributed by atoms with Crippen molar-refractivity contribution < 1.29 is 24.9 Å². The van der Waals surface area contributed by atoms with Gasteiger partial charge in [0.05, 0.1) is 0 Å². The lowest BCUT2D eigenvalue weighted by Crippen LogP contribution is -2.60. The van der Waals surface area contributed by atoms with Crippen molar-refractivity contribution in [1.29, 1.82) is 0 Å². The molecule has 0 bridgehead atoms. The molecule has 0 saturated heterocycles. The van der Waals surface area contributed by atoms with Crippen LogP contribution in [-0.2, 0) is 14.5 Å². The molecule has 12 heavy (non-hydrogen) atoms. The highest BCUT2D eigenvalue weighted by molar-refractivity contribution is 4.43. The van der Waals surface area contributed by atoms with E-state index < -0.39 is 6.03 Å². The van der Waals surface area contributed by atoms with Gasteiger partial charge in [-0.15, -0.1) is 10.4 Å². The third-order valence-corrected chi connectivity index (χ3v) is 0.815. The van der Waals surface area contributed by atoms with Crippen molar-refractivity contribution in [3.63, 3.8) is 0 Å². The maximum absolute atomic E-state index is 8.36. The van der Waals surface area contributed by atoms with Crippen LogP contribution in [0.1, 0.15) is 0 Å². The van der Waals surface area contributed by atoms with E-state index in [9.17, 15) is 0 Å². The van der Waals surface area contributed by atoms with E-state index in [-0.39, 0.29) is 5.34 Å². The molecule has 0 saturated carbocycles. The van der Waals surface area contributed by atoms with Gasteiger partial charge in [-0.25, -0.2) is 5.84 Å². The van der Waals surface area contributed by atoms with Crippen LogP contribution in [0.4, 0.5) is 0 Å². The molecule has 0 aromatic carbocycles. The second kappa shape index (κ2) is 5.28. The maximum Gasteiger partial charge on any atom is 0.331 e. The van der Waals surface area contributed by atoms with Crippen molar-refractivity contribution in [1.82, 2.24) is 16.5 Å². The van der Waals surface area contributed by atoms with Crippen LogP contribution in [0.15, 0.2) is 0 Å². The largest absolute Gasteiger partial charge is 0.331 e. The molecule has 0 aromatic heterocycles. The van der Waals surface area contributed by atoms with Crippen LogP contribution in [-0.4, -0.2) is 28.9 Å². The SMILES string of the molecule is CO[C@](N)(NO)ON(N)ONO. The third kappa shape index (κ3) is 3.84. The Kier molecular flexibility index (Phi) is 5.11. The fourth-order valence-corrected chi connectivity index (χ4v) is 0.296. The topological polar surface area (TPSA) is 147 Å². The lowest BCUT2D eigenvalue weighted by molar-refractivity contribution is -0.503. The molecule has 0 fully saturated rings. The summed E-state index contributed by atoms with van der Waals surface area (Å²) in [6.07, 6.45) is 0. The van der Waals surface area contributed by atoms with Crippen molar-refractivity contribution >= 4 is 0 Å². The number of hydrazine groups is 1. The Labute approximate surface area is 67.3 Å². The van der Waals surface area contributed by atoms with Crippen LogP contribution < -0.4 is 22.7 Å². The lowest BCUT2D eigenvalue weighted by atomic mass is 10.9. The molecule has 0 aliphatic carbocycles. The van der Waals surface area contributed by atoms with E-state index in [4.69, 9.17) is 22.0 Å². The van der Waals surface area contributed by atoms with Crippen LogP contribution in [0.25, 0.3) is 0 Å². The zero-order valence-corrected chi connectivity index (χ0v) is 6.22. The van der Waals surface area contributed by atoms with E-state index in [1.807, 2.05) is 0 Å². The van der Waals surface area contributed by atoms with Crippen molar-refractivity contribution in [2.75, 3.05) is 7.11 Å². The minimum atomic E-state index is -2.06. The molecule has 0 aliphatic heterocycles. The standard InChI is InChI=1S/C2H11N5O5/c1-10-2(3,5-8)11-7(4)12-6-9/h5-6,8-9H,3-4H2,1H3/t2-/m0/s1. The highest BCUT2D eigenvalue weighted by atomic mass is 17.1. The van der Waals surface area contributed by atoms with E-state index in [0.717, 1.165) is 7.11 Å². The molecule has 10 heteroatoms. The molecule has 74 valence electrons. The van der Waals surface area contributed by atoms with Crippen molar-refractivity contribution in [2.45, 2.75) is 6.03 Å². The fourth-order valence-electron chi connectivity index (χ4n) is 0.296. The summed E-state index contributed by atoms with van der Waals surface area (Å²) >= 11 is 0. The highest BCUT2D eigenvalue weighted by Crippen LogP contribution is 1.98. The molecule has 0 heterocycles. The molecule has 8 N–H and O–H groups in total. The molecule has 0 radical (unpaired) electrons. The Bertz CT molecular complexity index is 118. The zero-order valence-electron chi connectivity index (χ0n) is 6.22. The summed E-state index contributed by atoms with van der Waals surface area (Å²) in [5.74, 6) is 4.88. The average Bonchev–Trinajstić information content (AvgIpc) is 2.05. The quantitative estimate of drug-likeness (QED) is 0.145. The Morgan fingerprint density at radius 3 is 2.42 bits per heavy atom. The van der Waals surface area contributed by atoms with Gasteiger partial charge in [0.2, 0.25) is 0 Å². The molecular formula is C2H11N5O5. The summed E-state index contributed by atoms with van der Waals surface area (Å²) in [6, 6.07) is -2.06. The summed E-state index contributed by atoms with van der Waals surface area (Å²) in [5, 5.41) is 16.4. The van der Waals surface area contributed by atoms with Crippen molar-refractivity contribution in [3.05, 3.63) is 0 Å². The summed E-state index contributed by atoms with van der Waals surface area (Å²) in [4.78, 5) is 8.26. The van der Waals surface area contributed by atoms with Gasteiger partial charge in [-0.2, -0.15) is 4.84 Å². The Balaban J connectivity index is 3.84. The van der Waals surface area contributed by atoms with Gasteiger partial charge in [-0.05, 0) is 0 Å². The molecule has 10 nitrogen and oxygen atoms in total. The number of hydrogen-bond acceptors (Lipinski definition) is 10. The number of nitrogens with zero attached hydrogens (tertiary/aromatic N) is 1. The summed E-state index contributed by atoms with van der Waals surface area (Å²) < 4.78 is 4.39. The monoisotopic (exact) mass is 185 g/mol. The van der Waals surface area contributed by atoms with Gasteiger partial charge in [0.25, 0.3) is 0 Å². The minimum absolute atomic E-state index is 0.118. The molecule has 1 atom stereocenters. The first kappa shape index (κ1) is 11.6. The first-order chi connectivity index (χ1) is 5.58. The van der Waals surface area contributed by atoms with E-state index >= 15 is 0 Å². The number of ether oxygens (including phenoxy) is 1. The predicted molar refractivity (Wildman–Crippen MR) is 32.0 cm³/mol. The van der Waals surface area contributed by atoms with Gasteiger partial charge in [-0.1, -0.05) is 5.64 Å². The van der Waals surface area contributed by atoms with E-state index in [1.54, 1.807) is 0 Å². The van der Waals surface area contributed by atoms with Gasteiger partial charge in [0, 0.05) is 12.4 Å². The zero-order chi connectivity index (χ0) is 9.61. The normalized spacial score (nSPS) is 16.5. The van der Waals surface area contributed by atoms with Crippen LogP contribution in [0.5, 0.6) is 0 Å². The number of hydrogen-bond donors (Lipinski definition) is 6.